The third kappa shape index (κ3) is 5.64. The maximum atomic E-state index is 11.9. The van der Waals surface area contributed by atoms with E-state index in [0.717, 1.165) is 10.8 Å². The summed E-state index contributed by atoms with van der Waals surface area (Å²) in [6, 6.07) is 15.0. The number of rotatable bonds is 9. The molecule has 0 radical (unpaired) electrons. The normalized spacial score (nSPS) is 14.4. The Hall–Kier alpha value is -2.25. The van der Waals surface area contributed by atoms with Crippen LogP contribution in [0.1, 0.15) is 26.5 Å². The molecule has 0 bridgehead atoms. The zero-order valence-corrected chi connectivity index (χ0v) is 18.0. The molecule has 9 heteroatoms. The number of hydrogen-bond donors (Lipinski definition) is 1. The molecule has 154 valence electrons. The fourth-order valence-electron chi connectivity index (χ4n) is 2.88. The highest BCUT2D eigenvalue weighted by Crippen LogP contribution is 2.34. The molecule has 0 aliphatic rings. The summed E-state index contributed by atoms with van der Waals surface area (Å²) < 4.78 is 18.9. The third-order valence-corrected chi connectivity index (χ3v) is 5.81. The van der Waals surface area contributed by atoms with Gasteiger partial charge in [-0.1, -0.05) is 43.3 Å². The number of aromatic amines is 1. The summed E-state index contributed by atoms with van der Waals surface area (Å²) in [5, 5.41) is 2.06. The molecule has 7 nitrogen and oxygen atoms in total. The predicted molar refractivity (Wildman–Crippen MR) is 117 cm³/mol. The highest BCUT2D eigenvalue weighted by atomic mass is 32.4. The minimum Gasteiger partial charge on any atom is -0.445 e. The van der Waals surface area contributed by atoms with Gasteiger partial charge in [0.15, 0.2) is 0 Å². The van der Waals surface area contributed by atoms with Crippen LogP contribution in [0.2, 0.25) is 0 Å². The van der Waals surface area contributed by atoms with Crippen LogP contribution >= 0.6 is 7.15 Å². The number of nitrogens with one attached hydrogen (secondary N) is 1. The van der Waals surface area contributed by atoms with E-state index in [1.807, 2.05) is 49.4 Å². The average Bonchev–Trinajstić information content (AvgIpc) is 2.71. The molecule has 3 atom stereocenters. The van der Waals surface area contributed by atoms with Crippen LogP contribution in [0.4, 0.5) is 0 Å². The Bertz CT molecular complexity index is 1110. The van der Waals surface area contributed by atoms with Crippen LogP contribution < -0.4 is 15.8 Å². The fourth-order valence-corrected chi connectivity index (χ4v) is 4.09. The fraction of sp³-hybridized carbons (Fsp3) is 0.300. The van der Waals surface area contributed by atoms with E-state index in [1.165, 1.54) is 16.8 Å². The van der Waals surface area contributed by atoms with Crippen LogP contribution in [0, 0.1) is 0 Å². The van der Waals surface area contributed by atoms with Crippen LogP contribution in [-0.4, -0.2) is 22.3 Å². The molecule has 0 fully saturated rings. The molecule has 0 aliphatic carbocycles. The van der Waals surface area contributed by atoms with Crippen LogP contribution in [-0.2, 0) is 21.1 Å². The van der Waals surface area contributed by atoms with Crippen LogP contribution in [0.15, 0.2) is 64.3 Å². The quantitative estimate of drug-likeness (QED) is 0.518. The Morgan fingerprint density at radius 3 is 2.66 bits per heavy atom. The summed E-state index contributed by atoms with van der Waals surface area (Å²) in [5.74, 6) is 0.703. The highest BCUT2D eigenvalue weighted by molar-refractivity contribution is 8.00. The van der Waals surface area contributed by atoms with Crippen molar-refractivity contribution in [3.63, 3.8) is 0 Å². The van der Waals surface area contributed by atoms with Crippen molar-refractivity contribution < 1.29 is 13.8 Å². The SMILES string of the molecule is CC[C@@H](CO[PH](=S)Oc1cccc2ccccc12)O[C@H](C)n1ccc(=O)[nH]c1=O. The van der Waals surface area contributed by atoms with Gasteiger partial charge in [-0.2, -0.15) is 0 Å². The van der Waals surface area contributed by atoms with Gasteiger partial charge in [-0.15, -0.1) is 0 Å². The number of nitrogens with zero attached hydrogens (tertiary/aromatic N) is 1. The third-order valence-electron chi connectivity index (χ3n) is 4.42. The second kappa shape index (κ2) is 9.98. The van der Waals surface area contributed by atoms with E-state index in [0.29, 0.717) is 12.2 Å². The summed E-state index contributed by atoms with van der Waals surface area (Å²) in [4.78, 5) is 25.3. The second-order valence-electron chi connectivity index (χ2n) is 6.42. The number of aromatic nitrogens is 2. The standard InChI is InChI=1S/C20H23N2O5PS/c1-3-16(26-14(2)22-12-11-19(23)21-20(22)24)13-25-28(29)27-18-10-6-8-15-7-4-5-9-17(15)18/h4-12,14,16,28H,3,13H2,1-2H3,(H,21,23,24)/t14-,16+/m1/s1. The van der Waals surface area contributed by atoms with Gasteiger partial charge in [0.05, 0.1) is 12.7 Å². The lowest BCUT2D eigenvalue weighted by Crippen LogP contribution is -2.33. The van der Waals surface area contributed by atoms with Crippen LogP contribution in [0.3, 0.4) is 0 Å². The van der Waals surface area contributed by atoms with E-state index in [4.69, 9.17) is 25.6 Å². The van der Waals surface area contributed by atoms with E-state index >= 15 is 0 Å². The van der Waals surface area contributed by atoms with E-state index in [2.05, 4.69) is 4.98 Å². The van der Waals surface area contributed by atoms with Gasteiger partial charge in [-0.3, -0.25) is 14.3 Å². The Kier molecular flexibility index (Phi) is 7.39. The second-order valence-corrected chi connectivity index (χ2v) is 8.42. The molecule has 0 amide bonds. The molecule has 2 aromatic carbocycles. The Morgan fingerprint density at radius 2 is 1.90 bits per heavy atom. The van der Waals surface area contributed by atoms with E-state index in [1.54, 1.807) is 6.92 Å². The van der Waals surface area contributed by atoms with Crippen LogP contribution in [0.25, 0.3) is 10.8 Å². The molecule has 1 unspecified atom stereocenters. The number of H-pyrrole nitrogens is 1. The van der Waals surface area contributed by atoms with E-state index in [9.17, 15) is 9.59 Å². The summed E-state index contributed by atoms with van der Waals surface area (Å²) in [6.07, 6.45) is 1.24. The van der Waals surface area contributed by atoms with Gasteiger partial charge >= 0.3 is 5.69 Å². The van der Waals surface area contributed by atoms with Crippen molar-refractivity contribution in [1.82, 2.24) is 9.55 Å². The van der Waals surface area contributed by atoms with Crippen molar-refractivity contribution in [3.05, 3.63) is 75.6 Å². The summed E-state index contributed by atoms with van der Waals surface area (Å²) in [6.45, 7) is 3.94. The molecule has 1 aromatic heterocycles. The van der Waals surface area contributed by atoms with Crippen molar-refractivity contribution in [2.45, 2.75) is 32.6 Å². The van der Waals surface area contributed by atoms with Crippen molar-refractivity contribution in [2.75, 3.05) is 6.61 Å². The first kappa shape index (κ1) is 21.5. The van der Waals surface area contributed by atoms with E-state index < -0.39 is 24.6 Å². The monoisotopic (exact) mass is 434 g/mol. The van der Waals surface area contributed by atoms with Gasteiger partial charge in [-0.25, -0.2) is 4.79 Å². The zero-order chi connectivity index (χ0) is 20.8. The summed E-state index contributed by atoms with van der Waals surface area (Å²) in [5.41, 5.74) is -0.967. The Morgan fingerprint density at radius 1 is 1.14 bits per heavy atom. The maximum absolute atomic E-state index is 11.9. The average molecular weight is 434 g/mol. The van der Waals surface area contributed by atoms with Gasteiger partial charge < -0.3 is 13.8 Å². The van der Waals surface area contributed by atoms with Crippen LogP contribution in [0.5, 0.6) is 5.75 Å². The van der Waals surface area contributed by atoms with Crippen molar-refractivity contribution in [1.29, 1.82) is 0 Å². The highest BCUT2D eigenvalue weighted by Gasteiger charge is 2.15. The molecule has 0 saturated heterocycles. The molecular weight excluding hydrogens is 411 g/mol. The predicted octanol–water partition coefficient (Wildman–Crippen LogP) is 3.61. The topological polar surface area (TPSA) is 82.6 Å². The molecule has 3 rings (SSSR count). The first-order valence-electron chi connectivity index (χ1n) is 9.27. The lowest BCUT2D eigenvalue weighted by atomic mass is 10.1. The van der Waals surface area contributed by atoms with E-state index in [-0.39, 0.29) is 12.7 Å². The molecular formula is C20H23N2O5PS. The first-order chi connectivity index (χ1) is 14.0. The number of benzene rings is 2. The molecule has 1 N–H and O–H groups in total. The molecule has 0 spiro atoms. The molecule has 0 saturated carbocycles. The zero-order valence-electron chi connectivity index (χ0n) is 16.2. The molecule has 1 heterocycles. The minimum absolute atomic E-state index is 0.251. The summed E-state index contributed by atoms with van der Waals surface area (Å²) >= 11 is 5.40. The number of fused-ring (bicyclic) bond motifs is 1. The van der Waals surface area contributed by atoms with Crippen molar-refractivity contribution in [2.24, 2.45) is 0 Å². The van der Waals surface area contributed by atoms with Gasteiger partial charge in [0, 0.05) is 17.6 Å². The Labute approximate surface area is 173 Å². The molecule has 0 aliphatic heterocycles. The van der Waals surface area contributed by atoms with Gasteiger partial charge in [-0.05, 0) is 36.6 Å². The molecule has 29 heavy (non-hydrogen) atoms. The van der Waals surface area contributed by atoms with Crippen molar-refractivity contribution in [3.8, 4) is 5.75 Å². The number of ether oxygens (including phenoxy) is 1. The number of hydrogen-bond acceptors (Lipinski definition) is 6. The largest absolute Gasteiger partial charge is 0.445 e. The Balaban J connectivity index is 1.59. The minimum atomic E-state index is -1.96. The van der Waals surface area contributed by atoms with Crippen molar-refractivity contribution >= 4 is 29.7 Å². The first-order valence-corrected chi connectivity index (χ1v) is 11.7. The van der Waals surface area contributed by atoms with Gasteiger partial charge in [0.25, 0.3) is 5.56 Å². The lowest BCUT2D eigenvalue weighted by molar-refractivity contribution is -0.0631. The molecule has 3 aromatic rings. The smallest absolute Gasteiger partial charge is 0.330 e. The lowest BCUT2D eigenvalue weighted by Gasteiger charge is -2.23. The van der Waals surface area contributed by atoms with Gasteiger partial charge in [0.2, 0.25) is 7.15 Å². The van der Waals surface area contributed by atoms with Gasteiger partial charge in [0.1, 0.15) is 12.0 Å². The maximum Gasteiger partial charge on any atom is 0.330 e. The summed E-state index contributed by atoms with van der Waals surface area (Å²) in [7, 11) is -1.96.